The van der Waals surface area contributed by atoms with Crippen LogP contribution >= 0.6 is 0 Å². The Hall–Kier alpha value is -1.46. The van der Waals surface area contributed by atoms with Gasteiger partial charge in [0.15, 0.2) is 11.6 Å². The number of ether oxygens (including phenoxy) is 3. The van der Waals surface area contributed by atoms with Gasteiger partial charge in [-0.1, -0.05) is 0 Å². The summed E-state index contributed by atoms with van der Waals surface area (Å²) in [5.74, 6) is -0.800. The molecule has 0 saturated carbocycles. The molecule has 2 aliphatic rings. The molecule has 0 bridgehead atoms. The number of carbonyl (C=O) groups is 1. The van der Waals surface area contributed by atoms with Crippen molar-refractivity contribution in [2.45, 2.75) is 38.3 Å². The lowest BCUT2D eigenvalue weighted by atomic mass is 9.98. The first-order valence-electron chi connectivity index (χ1n) is 6.26. The molecule has 0 amide bonds. The maximum absolute atomic E-state index is 13.1. The summed E-state index contributed by atoms with van der Waals surface area (Å²) in [4.78, 5) is 12.0. The van der Waals surface area contributed by atoms with Crippen molar-refractivity contribution in [2.24, 2.45) is 0 Å². The van der Waals surface area contributed by atoms with Crippen LogP contribution in [0.1, 0.15) is 30.6 Å². The quantitative estimate of drug-likeness (QED) is 0.782. The standard InChI is InChI=1S/C14H15FO4/c1-14(2)17-7-13(19-14)12-6-10(16)9-5-8(15)3-4-11(9)18-12/h3-5,12-13H,6-7H2,1-2H3/t12?,13-/m1/s1. The Morgan fingerprint density at radius 3 is 2.79 bits per heavy atom. The summed E-state index contributed by atoms with van der Waals surface area (Å²) in [6, 6.07) is 3.98. The van der Waals surface area contributed by atoms with E-state index in [-0.39, 0.29) is 24.4 Å². The van der Waals surface area contributed by atoms with Gasteiger partial charge < -0.3 is 14.2 Å². The van der Waals surface area contributed by atoms with Gasteiger partial charge in [-0.3, -0.25) is 4.79 Å². The molecule has 19 heavy (non-hydrogen) atoms. The second-order valence-electron chi connectivity index (χ2n) is 5.29. The zero-order chi connectivity index (χ0) is 13.6. The molecule has 0 spiro atoms. The molecule has 102 valence electrons. The second-order valence-corrected chi connectivity index (χ2v) is 5.29. The van der Waals surface area contributed by atoms with Crippen molar-refractivity contribution in [1.29, 1.82) is 0 Å². The Balaban J connectivity index is 1.82. The van der Waals surface area contributed by atoms with Crippen LogP contribution in [0.2, 0.25) is 0 Å². The van der Waals surface area contributed by atoms with Crippen molar-refractivity contribution in [3.8, 4) is 5.75 Å². The van der Waals surface area contributed by atoms with E-state index in [1.807, 2.05) is 13.8 Å². The highest BCUT2D eigenvalue weighted by Crippen LogP contribution is 2.33. The molecule has 1 fully saturated rings. The first-order valence-corrected chi connectivity index (χ1v) is 6.26. The molecular weight excluding hydrogens is 251 g/mol. The molecule has 0 aliphatic carbocycles. The maximum atomic E-state index is 13.1. The number of rotatable bonds is 1. The van der Waals surface area contributed by atoms with Gasteiger partial charge >= 0.3 is 0 Å². The fraction of sp³-hybridized carbons (Fsp3) is 0.500. The van der Waals surface area contributed by atoms with E-state index in [1.54, 1.807) is 0 Å². The summed E-state index contributed by atoms with van der Waals surface area (Å²) >= 11 is 0. The van der Waals surface area contributed by atoms with Crippen LogP contribution in [-0.2, 0) is 9.47 Å². The number of carbonyl (C=O) groups excluding carboxylic acids is 1. The lowest BCUT2D eigenvalue weighted by Crippen LogP contribution is -2.39. The molecule has 4 nitrogen and oxygen atoms in total. The number of hydrogen-bond acceptors (Lipinski definition) is 4. The Labute approximate surface area is 110 Å². The third kappa shape index (κ3) is 2.35. The Kier molecular flexibility index (Phi) is 2.83. The first-order chi connectivity index (χ1) is 8.94. The summed E-state index contributed by atoms with van der Waals surface area (Å²) in [5.41, 5.74) is 0.300. The fourth-order valence-corrected chi connectivity index (χ4v) is 2.43. The molecule has 1 unspecified atom stereocenters. The number of benzene rings is 1. The zero-order valence-electron chi connectivity index (χ0n) is 10.8. The minimum Gasteiger partial charge on any atom is -0.486 e. The van der Waals surface area contributed by atoms with Gasteiger partial charge in [0.25, 0.3) is 0 Å². The predicted molar refractivity (Wildman–Crippen MR) is 64.7 cm³/mol. The van der Waals surface area contributed by atoms with Crippen molar-refractivity contribution < 1.29 is 23.4 Å². The molecule has 2 aliphatic heterocycles. The molecule has 5 heteroatoms. The number of halogens is 1. The van der Waals surface area contributed by atoms with Crippen LogP contribution in [-0.4, -0.2) is 30.4 Å². The topological polar surface area (TPSA) is 44.8 Å². The van der Waals surface area contributed by atoms with Crippen molar-refractivity contribution in [2.75, 3.05) is 6.61 Å². The molecule has 0 aromatic heterocycles. The zero-order valence-corrected chi connectivity index (χ0v) is 10.8. The van der Waals surface area contributed by atoms with Crippen LogP contribution in [0.15, 0.2) is 18.2 Å². The summed E-state index contributed by atoms with van der Waals surface area (Å²) in [6.07, 6.45) is -0.481. The second kappa shape index (κ2) is 4.28. The highest BCUT2D eigenvalue weighted by molar-refractivity contribution is 5.99. The van der Waals surface area contributed by atoms with Gasteiger partial charge in [0.1, 0.15) is 23.8 Å². The van der Waals surface area contributed by atoms with E-state index < -0.39 is 11.6 Å². The molecule has 2 atom stereocenters. The average Bonchev–Trinajstić information content (AvgIpc) is 2.70. The fourth-order valence-electron chi connectivity index (χ4n) is 2.43. The van der Waals surface area contributed by atoms with Gasteiger partial charge in [0.05, 0.1) is 18.6 Å². The molecule has 1 aromatic carbocycles. The average molecular weight is 266 g/mol. The van der Waals surface area contributed by atoms with Gasteiger partial charge in [-0.15, -0.1) is 0 Å². The maximum Gasteiger partial charge on any atom is 0.170 e. The van der Waals surface area contributed by atoms with Crippen LogP contribution in [0.3, 0.4) is 0 Å². The monoisotopic (exact) mass is 266 g/mol. The van der Waals surface area contributed by atoms with Gasteiger partial charge in [-0.25, -0.2) is 4.39 Å². The van der Waals surface area contributed by atoms with Gasteiger partial charge in [-0.05, 0) is 32.0 Å². The number of ketones is 1. The SMILES string of the molecule is CC1(C)OC[C@H](C2CC(=O)c3cc(F)ccc3O2)O1. The van der Waals surface area contributed by atoms with E-state index >= 15 is 0 Å². The molecule has 2 heterocycles. The van der Waals surface area contributed by atoms with Crippen molar-refractivity contribution >= 4 is 5.78 Å². The minimum absolute atomic E-state index is 0.126. The lowest BCUT2D eigenvalue weighted by Gasteiger charge is -2.29. The first kappa shape index (κ1) is 12.6. The van der Waals surface area contributed by atoms with Gasteiger partial charge in [0.2, 0.25) is 0 Å². The van der Waals surface area contributed by atoms with E-state index in [1.165, 1.54) is 18.2 Å². The van der Waals surface area contributed by atoms with Crippen molar-refractivity contribution in [3.05, 3.63) is 29.6 Å². The minimum atomic E-state index is -0.653. The third-order valence-electron chi connectivity index (χ3n) is 3.35. The van der Waals surface area contributed by atoms with Gasteiger partial charge in [-0.2, -0.15) is 0 Å². The van der Waals surface area contributed by atoms with Crippen molar-refractivity contribution in [3.63, 3.8) is 0 Å². The predicted octanol–water partition coefficient (Wildman–Crippen LogP) is 2.31. The number of hydrogen-bond donors (Lipinski definition) is 0. The molecule has 0 radical (unpaired) electrons. The molecule has 1 saturated heterocycles. The number of fused-ring (bicyclic) bond motifs is 1. The Bertz CT molecular complexity index is 526. The van der Waals surface area contributed by atoms with E-state index in [4.69, 9.17) is 14.2 Å². The Morgan fingerprint density at radius 2 is 2.11 bits per heavy atom. The van der Waals surface area contributed by atoms with E-state index in [0.29, 0.717) is 17.9 Å². The van der Waals surface area contributed by atoms with Crippen LogP contribution in [0.5, 0.6) is 5.75 Å². The van der Waals surface area contributed by atoms with Crippen LogP contribution in [0.25, 0.3) is 0 Å². The van der Waals surface area contributed by atoms with Crippen LogP contribution in [0.4, 0.5) is 4.39 Å². The molecular formula is C14H15FO4. The summed E-state index contributed by atoms with van der Waals surface area (Å²) in [6.45, 7) is 4.03. The summed E-state index contributed by atoms with van der Waals surface area (Å²) in [5, 5.41) is 0. The summed E-state index contributed by atoms with van der Waals surface area (Å²) < 4.78 is 30.0. The van der Waals surface area contributed by atoms with E-state index in [0.717, 1.165) is 0 Å². The Morgan fingerprint density at radius 1 is 1.32 bits per heavy atom. The normalized spacial score (nSPS) is 28.9. The van der Waals surface area contributed by atoms with Crippen LogP contribution < -0.4 is 4.74 Å². The summed E-state index contributed by atoms with van der Waals surface area (Å²) in [7, 11) is 0. The van der Waals surface area contributed by atoms with Crippen LogP contribution in [0, 0.1) is 5.82 Å². The molecule has 3 rings (SSSR count). The highest BCUT2D eigenvalue weighted by atomic mass is 19.1. The van der Waals surface area contributed by atoms with Crippen molar-refractivity contribution in [1.82, 2.24) is 0 Å². The van der Waals surface area contributed by atoms with E-state index in [9.17, 15) is 9.18 Å². The van der Waals surface area contributed by atoms with E-state index in [2.05, 4.69) is 0 Å². The molecule has 1 aromatic rings. The van der Waals surface area contributed by atoms with Gasteiger partial charge in [0, 0.05) is 0 Å². The number of Topliss-reactive ketones (excluding diaryl/α,β-unsaturated/α-hetero) is 1. The largest absolute Gasteiger partial charge is 0.486 e. The third-order valence-corrected chi connectivity index (χ3v) is 3.35. The molecule has 0 N–H and O–H groups in total. The lowest BCUT2D eigenvalue weighted by molar-refractivity contribution is -0.149. The highest BCUT2D eigenvalue weighted by Gasteiger charge is 2.41. The smallest absolute Gasteiger partial charge is 0.170 e.